The second-order valence-electron chi connectivity index (χ2n) is 5.52. The van der Waals surface area contributed by atoms with Gasteiger partial charge in [-0.25, -0.2) is 21.6 Å². The summed E-state index contributed by atoms with van der Waals surface area (Å²) in [5, 5.41) is 0. The summed E-state index contributed by atoms with van der Waals surface area (Å²) in [4.78, 5) is 11.1. The van der Waals surface area contributed by atoms with Gasteiger partial charge in [0.2, 0.25) is 10.0 Å². The number of rotatable bonds is 5. The van der Waals surface area contributed by atoms with Crippen LogP contribution in [0.1, 0.15) is 28.4 Å². The molecule has 0 amide bonds. The molecule has 0 aliphatic heterocycles. The van der Waals surface area contributed by atoms with Crippen molar-refractivity contribution < 1.29 is 39.6 Å². The van der Waals surface area contributed by atoms with Crippen LogP contribution in [0.5, 0.6) is 0 Å². The number of carbonyl (C=O) groups excluding carboxylic acids is 1. The maximum absolute atomic E-state index is 13.9. The molecule has 146 valence electrons. The highest BCUT2D eigenvalue weighted by Gasteiger charge is 2.31. The van der Waals surface area contributed by atoms with Crippen LogP contribution in [-0.4, -0.2) is 14.2 Å². The Bertz CT molecular complexity index is 1000. The number of anilines is 1. The van der Waals surface area contributed by atoms with Gasteiger partial charge in [-0.1, -0.05) is 18.2 Å². The van der Waals surface area contributed by atoms with E-state index in [1.807, 2.05) is 0 Å². The Labute approximate surface area is 149 Å². The van der Waals surface area contributed by atoms with Gasteiger partial charge in [0, 0.05) is 0 Å². The van der Waals surface area contributed by atoms with Crippen molar-refractivity contribution in [3.05, 3.63) is 64.5 Å². The van der Waals surface area contributed by atoms with Gasteiger partial charge in [0.05, 0.1) is 16.9 Å². The molecule has 0 aromatic heterocycles. The van der Waals surface area contributed by atoms with Crippen LogP contribution >= 0.6 is 0 Å². The van der Waals surface area contributed by atoms with Gasteiger partial charge >= 0.3 is 6.18 Å². The average molecular weight is 411 g/mol. The second kappa shape index (κ2) is 7.22. The van der Waals surface area contributed by atoms with E-state index in [9.17, 15) is 39.6 Å². The third kappa shape index (κ3) is 4.79. The minimum absolute atomic E-state index is 0.307. The lowest BCUT2D eigenvalue weighted by Crippen LogP contribution is -2.19. The number of sulfonamides is 1. The zero-order chi connectivity index (χ0) is 20.6. The molecule has 0 atom stereocenters. The van der Waals surface area contributed by atoms with Crippen LogP contribution in [-0.2, 0) is 22.0 Å². The first-order chi connectivity index (χ1) is 12.3. The third-order valence-corrected chi connectivity index (χ3v) is 4.63. The van der Waals surface area contributed by atoms with Crippen LogP contribution in [0.15, 0.2) is 30.3 Å². The van der Waals surface area contributed by atoms with Gasteiger partial charge in [0.25, 0.3) is 0 Å². The van der Waals surface area contributed by atoms with Crippen LogP contribution in [0.4, 0.5) is 32.0 Å². The Kier molecular flexibility index (Phi) is 5.55. The fourth-order valence-electron chi connectivity index (χ4n) is 2.19. The maximum Gasteiger partial charge on any atom is 0.416 e. The molecule has 0 saturated carbocycles. The lowest BCUT2D eigenvalue weighted by molar-refractivity contribution is -0.137. The van der Waals surface area contributed by atoms with E-state index in [-0.39, 0.29) is 5.56 Å². The largest absolute Gasteiger partial charge is 0.416 e. The third-order valence-electron chi connectivity index (χ3n) is 3.41. The van der Waals surface area contributed by atoms with Crippen molar-refractivity contribution in [2.24, 2.45) is 0 Å². The van der Waals surface area contributed by atoms with E-state index in [2.05, 4.69) is 0 Å². The van der Waals surface area contributed by atoms with Gasteiger partial charge in [-0.3, -0.25) is 9.52 Å². The molecular weight excluding hydrogens is 400 g/mol. The van der Waals surface area contributed by atoms with E-state index >= 15 is 0 Å². The summed E-state index contributed by atoms with van der Waals surface area (Å²) in [7, 11) is -4.59. The van der Waals surface area contributed by atoms with E-state index in [1.54, 1.807) is 0 Å². The number of nitrogens with one attached hydrogen (secondary N) is 1. The van der Waals surface area contributed by atoms with Gasteiger partial charge in [0.15, 0.2) is 23.2 Å². The monoisotopic (exact) mass is 411 g/mol. The first-order valence-corrected chi connectivity index (χ1v) is 8.82. The Hall–Kier alpha value is -2.56. The number of halogens is 6. The lowest BCUT2D eigenvalue weighted by Gasteiger charge is -2.13. The predicted octanol–water partition coefficient (Wildman–Crippen LogP) is 4.27. The smallest absolute Gasteiger partial charge is 0.294 e. The molecule has 2 aromatic carbocycles. The Balaban J connectivity index is 2.35. The zero-order valence-electron chi connectivity index (χ0n) is 13.5. The van der Waals surface area contributed by atoms with E-state index in [4.69, 9.17) is 0 Å². The van der Waals surface area contributed by atoms with E-state index < -0.39 is 62.0 Å². The summed E-state index contributed by atoms with van der Waals surface area (Å²) in [6.07, 6.45) is -4.71. The average Bonchev–Trinajstić information content (AvgIpc) is 2.53. The fraction of sp³-hybridized carbons (Fsp3) is 0.188. The number of carbonyl (C=O) groups is 1. The number of hydrogen-bond acceptors (Lipinski definition) is 3. The van der Waals surface area contributed by atoms with Crippen LogP contribution < -0.4 is 4.72 Å². The van der Waals surface area contributed by atoms with Gasteiger partial charge in [0.1, 0.15) is 5.69 Å². The van der Waals surface area contributed by atoms with Crippen LogP contribution in [0.3, 0.4) is 0 Å². The van der Waals surface area contributed by atoms with Gasteiger partial charge in [-0.15, -0.1) is 0 Å². The number of alkyl halides is 3. The molecule has 1 N–H and O–H groups in total. The second-order valence-corrected chi connectivity index (χ2v) is 7.25. The van der Waals surface area contributed by atoms with Crippen molar-refractivity contribution in [1.82, 2.24) is 0 Å². The fourth-order valence-corrected chi connectivity index (χ4v) is 3.38. The molecular formula is C16H11F6NO3S. The number of benzene rings is 2. The maximum atomic E-state index is 13.9. The van der Waals surface area contributed by atoms with Crippen LogP contribution in [0, 0.1) is 17.5 Å². The van der Waals surface area contributed by atoms with E-state index in [1.165, 1.54) is 4.72 Å². The molecule has 0 spiro atoms. The molecule has 0 saturated heterocycles. The minimum Gasteiger partial charge on any atom is -0.294 e. The highest BCUT2D eigenvalue weighted by atomic mass is 32.2. The Morgan fingerprint density at radius 2 is 1.70 bits per heavy atom. The van der Waals surface area contributed by atoms with Crippen molar-refractivity contribution in [2.75, 3.05) is 4.72 Å². The summed E-state index contributed by atoms with van der Waals surface area (Å²) < 4.78 is 105. The molecule has 0 radical (unpaired) electrons. The normalized spacial score (nSPS) is 12.1. The summed E-state index contributed by atoms with van der Waals surface area (Å²) >= 11 is 0. The highest BCUT2D eigenvalue weighted by molar-refractivity contribution is 7.91. The van der Waals surface area contributed by atoms with Crippen molar-refractivity contribution in [1.29, 1.82) is 0 Å². The van der Waals surface area contributed by atoms with Crippen LogP contribution in [0.2, 0.25) is 0 Å². The van der Waals surface area contributed by atoms with Crippen molar-refractivity contribution in [2.45, 2.75) is 18.9 Å². The molecule has 27 heavy (non-hydrogen) atoms. The SMILES string of the molecule is CC(=O)c1cc(F)c(NS(=O)(=O)Cc2cccc(C(F)(F)F)c2)c(F)c1F. The number of ketones is 1. The summed E-state index contributed by atoms with van der Waals surface area (Å²) in [6, 6.07) is 3.64. The first kappa shape index (κ1) is 20.7. The Morgan fingerprint density at radius 3 is 2.26 bits per heavy atom. The van der Waals surface area contributed by atoms with E-state index in [0.29, 0.717) is 12.1 Å². The summed E-state index contributed by atoms with van der Waals surface area (Å²) in [6.45, 7) is 0.856. The molecule has 0 aliphatic carbocycles. The van der Waals surface area contributed by atoms with E-state index in [0.717, 1.165) is 25.1 Å². The number of hydrogen-bond donors (Lipinski definition) is 1. The summed E-state index contributed by atoms with van der Waals surface area (Å²) in [5.74, 6) is -7.27. The van der Waals surface area contributed by atoms with Crippen LogP contribution in [0.25, 0.3) is 0 Å². The van der Waals surface area contributed by atoms with Gasteiger partial charge < -0.3 is 0 Å². The standard InChI is InChI=1S/C16H11F6NO3S/c1-8(24)11-6-12(17)15(14(19)13(11)18)23-27(25,26)7-9-3-2-4-10(5-9)16(20,21)22/h2-6,23H,7H2,1H3. The number of Topliss-reactive ketones (excluding diaryl/α,β-unsaturated/α-hetero) is 1. The van der Waals surface area contributed by atoms with Gasteiger partial charge in [-0.05, 0) is 24.6 Å². The molecule has 0 bridgehead atoms. The Morgan fingerprint density at radius 1 is 1.07 bits per heavy atom. The summed E-state index contributed by atoms with van der Waals surface area (Å²) in [5.41, 5.74) is -3.70. The molecule has 2 aromatic rings. The predicted molar refractivity (Wildman–Crippen MR) is 84.0 cm³/mol. The van der Waals surface area contributed by atoms with Crippen molar-refractivity contribution in [3.63, 3.8) is 0 Å². The molecule has 0 aliphatic rings. The molecule has 4 nitrogen and oxygen atoms in total. The van der Waals surface area contributed by atoms with Crippen molar-refractivity contribution >= 4 is 21.5 Å². The molecule has 0 heterocycles. The lowest BCUT2D eigenvalue weighted by atomic mass is 10.1. The zero-order valence-corrected chi connectivity index (χ0v) is 14.3. The van der Waals surface area contributed by atoms with Gasteiger partial charge in [-0.2, -0.15) is 13.2 Å². The quantitative estimate of drug-likeness (QED) is 0.454. The molecule has 11 heteroatoms. The minimum atomic E-state index is -4.71. The molecule has 0 unspecified atom stereocenters. The highest BCUT2D eigenvalue weighted by Crippen LogP contribution is 2.30. The van der Waals surface area contributed by atoms with Crippen molar-refractivity contribution in [3.8, 4) is 0 Å². The molecule has 2 rings (SSSR count). The molecule has 0 fully saturated rings. The first-order valence-electron chi connectivity index (χ1n) is 7.17. The topological polar surface area (TPSA) is 63.2 Å².